The number of thioether (sulfide) groups is 1. The van der Waals surface area contributed by atoms with E-state index in [9.17, 15) is 4.21 Å². The van der Waals surface area contributed by atoms with Crippen molar-refractivity contribution in [1.29, 1.82) is 0 Å². The summed E-state index contributed by atoms with van der Waals surface area (Å²) in [6, 6.07) is 17.8. The monoisotopic (exact) mass is 509 g/mol. The van der Waals surface area contributed by atoms with Crippen LogP contribution in [-0.4, -0.2) is 14.2 Å². The van der Waals surface area contributed by atoms with Crippen LogP contribution in [0.15, 0.2) is 93.2 Å². The van der Waals surface area contributed by atoms with Crippen LogP contribution in [-0.2, 0) is 10.8 Å². The van der Waals surface area contributed by atoms with Crippen molar-refractivity contribution in [1.82, 2.24) is 9.97 Å². The van der Waals surface area contributed by atoms with Crippen LogP contribution >= 0.6 is 35.9 Å². The molecule has 1 aliphatic heterocycles. The van der Waals surface area contributed by atoms with E-state index in [1.807, 2.05) is 67.7 Å². The molecule has 1 aliphatic rings. The van der Waals surface area contributed by atoms with Gasteiger partial charge in [-0.2, -0.15) is 0 Å². The molecular formula is C25H23N3OS4. The minimum Gasteiger partial charge on any atom is -0.332 e. The number of nitrogens with one attached hydrogen (secondary N) is 1. The Morgan fingerprint density at radius 1 is 1.06 bits per heavy atom. The van der Waals surface area contributed by atoms with E-state index < -0.39 is 10.8 Å². The molecule has 0 spiro atoms. The molecule has 4 aromatic rings. The normalized spacial score (nSPS) is 14.0. The zero-order chi connectivity index (χ0) is 23.2. The fourth-order valence-corrected chi connectivity index (χ4v) is 6.91. The van der Waals surface area contributed by atoms with Gasteiger partial charge in [0.2, 0.25) is 0 Å². The lowest BCUT2D eigenvalue weighted by atomic mass is 10.2. The van der Waals surface area contributed by atoms with Crippen molar-refractivity contribution in [2.45, 2.75) is 25.2 Å². The molecule has 5 rings (SSSR count). The van der Waals surface area contributed by atoms with Gasteiger partial charge in [0.15, 0.2) is 0 Å². The first-order valence-electron chi connectivity index (χ1n) is 10.3. The van der Waals surface area contributed by atoms with E-state index in [0.717, 1.165) is 47.6 Å². The molecule has 33 heavy (non-hydrogen) atoms. The smallest absolute Gasteiger partial charge is 0.124 e. The number of pyridine rings is 1. The largest absolute Gasteiger partial charge is 0.332 e. The maximum absolute atomic E-state index is 12.4. The Bertz CT molecular complexity index is 1330. The Morgan fingerprint density at radius 3 is 2.67 bits per heavy atom. The van der Waals surface area contributed by atoms with E-state index in [-0.39, 0.29) is 0 Å². The van der Waals surface area contributed by atoms with Crippen molar-refractivity contribution in [2.24, 2.45) is 0 Å². The number of benzene rings is 2. The van der Waals surface area contributed by atoms with Crippen LogP contribution in [0.4, 0.5) is 5.69 Å². The van der Waals surface area contributed by atoms with E-state index >= 15 is 0 Å². The molecule has 2 aromatic heterocycles. The van der Waals surface area contributed by atoms with Gasteiger partial charge in [-0.15, -0.1) is 11.3 Å². The molecule has 168 valence electrons. The molecule has 0 bridgehead atoms. The third kappa shape index (κ3) is 5.95. The molecule has 0 amide bonds. The van der Waals surface area contributed by atoms with Gasteiger partial charge in [0.1, 0.15) is 5.01 Å². The first-order valence-corrected chi connectivity index (χ1v) is 13.5. The SMILES string of the molecule is CC1=CCC=C(S(=O)c2ccccc2C)S1.SNc1cccc(-c2nc3ccncc3s2)c1. The summed E-state index contributed by atoms with van der Waals surface area (Å²) >= 11 is 7.31. The van der Waals surface area contributed by atoms with Gasteiger partial charge in [-0.3, -0.25) is 4.98 Å². The van der Waals surface area contributed by atoms with E-state index in [1.165, 1.54) is 4.91 Å². The van der Waals surface area contributed by atoms with Crippen LogP contribution in [0.25, 0.3) is 20.8 Å². The lowest BCUT2D eigenvalue weighted by molar-refractivity contribution is 0.687. The third-order valence-corrected chi connectivity index (χ3v) is 9.12. The number of nitrogens with zero attached hydrogens (tertiary/aromatic N) is 2. The summed E-state index contributed by atoms with van der Waals surface area (Å²) in [5, 5.41) is 0.999. The first kappa shape index (κ1) is 23.8. The second kappa shape index (κ2) is 11.2. The molecule has 0 radical (unpaired) electrons. The predicted molar refractivity (Wildman–Crippen MR) is 147 cm³/mol. The summed E-state index contributed by atoms with van der Waals surface area (Å²) < 4.78 is 17.3. The molecule has 0 saturated heterocycles. The minimum atomic E-state index is -1.02. The number of aromatic nitrogens is 2. The highest BCUT2D eigenvalue weighted by molar-refractivity contribution is 8.18. The summed E-state index contributed by atoms with van der Waals surface area (Å²) in [5.41, 5.74) is 4.13. The lowest BCUT2D eigenvalue weighted by Gasteiger charge is -2.12. The quantitative estimate of drug-likeness (QED) is 0.277. The topological polar surface area (TPSA) is 54.9 Å². The molecule has 0 fully saturated rings. The predicted octanol–water partition coefficient (Wildman–Crippen LogP) is 7.60. The molecule has 1 N–H and O–H groups in total. The van der Waals surface area contributed by atoms with E-state index in [0.29, 0.717) is 0 Å². The van der Waals surface area contributed by atoms with Gasteiger partial charge >= 0.3 is 0 Å². The Hall–Kier alpha value is -2.39. The maximum atomic E-state index is 12.4. The average molecular weight is 510 g/mol. The van der Waals surface area contributed by atoms with Gasteiger partial charge in [-0.25, -0.2) is 9.19 Å². The first-order chi connectivity index (χ1) is 16.0. The summed E-state index contributed by atoms with van der Waals surface area (Å²) in [4.78, 5) is 10.8. The number of aryl methyl sites for hydroxylation is 1. The number of rotatable bonds is 4. The second-order valence-electron chi connectivity index (χ2n) is 7.26. The standard InChI is InChI=1S/C13H14OS2.C12H9N3S2/c1-10-6-3-4-8-12(10)16(14)13-9-5-7-11(2)15-13;16-15-9-3-1-2-8(6-9)12-14-10-4-5-13-7-11(10)17-12/h3-4,6-9H,5H2,1-2H3;1-7,15-16H. The summed E-state index contributed by atoms with van der Waals surface area (Å²) in [7, 11) is -1.02. The molecule has 0 saturated carbocycles. The van der Waals surface area contributed by atoms with Gasteiger partial charge < -0.3 is 4.72 Å². The van der Waals surface area contributed by atoms with Crippen molar-refractivity contribution in [2.75, 3.05) is 4.72 Å². The van der Waals surface area contributed by atoms with Crippen LogP contribution < -0.4 is 4.72 Å². The second-order valence-corrected chi connectivity index (χ2v) is 11.5. The molecule has 1 unspecified atom stereocenters. The third-order valence-electron chi connectivity index (χ3n) is 4.86. The van der Waals surface area contributed by atoms with Crippen LogP contribution in [0.2, 0.25) is 0 Å². The van der Waals surface area contributed by atoms with Crippen LogP contribution in [0.1, 0.15) is 18.9 Å². The van der Waals surface area contributed by atoms with Gasteiger partial charge in [0, 0.05) is 28.5 Å². The van der Waals surface area contributed by atoms with Crippen LogP contribution in [0.3, 0.4) is 0 Å². The zero-order valence-electron chi connectivity index (χ0n) is 18.2. The van der Waals surface area contributed by atoms with Gasteiger partial charge in [0.05, 0.1) is 25.3 Å². The summed E-state index contributed by atoms with van der Waals surface area (Å²) in [6.45, 7) is 4.07. The van der Waals surface area contributed by atoms with E-state index in [2.05, 4.69) is 46.6 Å². The number of hydrogen-bond donors (Lipinski definition) is 2. The number of allylic oxidation sites excluding steroid dienone is 3. The molecule has 3 heterocycles. The van der Waals surface area contributed by atoms with Gasteiger partial charge in [0.25, 0.3) is 0 Å². The zero-order valence-corrected chi connectivity index (χ0v) is 21.5. The molecular weight excluding hydrogens is 487 g/mol. The number of anilines is 1. The minimum absolute atomic E-state index is 0.895. The number of thiol groups is 1. The molecule has 2 aromatic carbocycles. The number of fused-ring (bicyclic) bond motifs is 1. The number of hydrogen-bond acceptors (Lipinski definition) is 7. The highest BCUT2D eigenvalue weighted by Crippen LogP contribution is 2.35. The Kier molecular flexibility index (Phi) is 8.03. The Labute approximate surface area is 210 Å². The van der Waals surface area contributed by atoms with Gasteiger partial charge in [-0.1, -0.05) is 67.1 Å². The van der Waals surface area contributed by atoms with Crippen molar-refractivity contribution < 1.29 is 4.21 Å². The van der Waals surface area contributed by atoms with E-state index in [4.69, 9.17) is 0 Å². The average Bonchev–Trinajstić information content (AvgIpc) is 3.29. The lowest BCUT2D eigenvalue weighted by Crippen LogP contribution is -1.97. The van der Waals surface area contributed by atoms with Crippen molar-refractivity contribution in [3.8, 4) is 10.6 Å². The summed E-state index contributed by atoms with van der Waals surface area (Å²) in [6.07, 6.45) is 8.71. The van der Waals surface area contributed by atoms with Crippen molar-refractivity contribution in [3.63, 3.8) is 0 Å². The van der Waals surface area contributed by atoms with Crippen LogP contribution in [0, 0.1) is 6.92 Å². The van der Waals surface area contributed by atoms with Gasteiger partial charge in [-0.05, 0) is 55.0 Å². The fourth-order valence-electron chi connectivity index (χ4n) is 3.17. The highest BCUT2D eigenvalue weighted by Gasteiger charge is 2.15. The molecule has 0 aliphatic carbocycles. The fraction of sp³-hybridized carbons (Fsp3) is 0.120. The molecule has 1 atom stereocenters. The highest BCUT2D eigenvalue weighted by atomic mass is 32.2. The Balaban J connectivity index is 0.000000157. The van der Waals surface area contributed by atoms with Crippen molar-refractivity contribution in [3.05, 3.63) is 93.8 Å². The molecule has 4 nitrogen and oxygen atoms in total. The number of thiazole rings is 1. The van der Waals surface area contributed by atoms with E-state index in [1.54, 1.807) is 29.3 Å². The Morgan fingerprint density at radius 2 is 1.91 bits per heavy atom. The van der Waals surface area contributed by atoms with Crippen LogP contribution in [0.5, 0.6) is 0 Å². The summed E-state index contributed by atoms with van der Waals surface area (Å²) in [5.74, 6) is 0. The van der Waals surface area contributed by atoms with Crippen molar-refractivity contribution >= 4 is 62.6 Å². The maximum Gasteiger partial charge on any atom is 0.124 e. The molecule has 8 heteroatoms.